The SMILES string of the molecule is Cc1ccc(S[C@H](C)C(=O)NCc2ccc(NC(=O)C3CC3)cc2)cc1. The molecule has 4 nitrogen and oxygen atoms in total. The highest BCUT2D eigenvalue weighted by Crippen LogP contribution is 2.30. The Morgan fingerprint density at radius 1 is 1.08 bits per heavy atom. The topological polar surface area (TPSA) is 58.2 Å². The fourth-order valence-electron chi connectivity index (χ4n) is 2.50. The molecule has 0 aliphatic heterocycles. The van der Waals surface area contributed by atoms with Gasteiger partial charge in [-0.1, -0.05) is 29.8 Å². The molecule has 1 aliphatic carbocycles. The molecule has 0 saturated heterocycles. The molecule has 0 radical (unpaired) electrons. The fourth-order valence-corrected chi connectivity index (χ4v) is 3.39. The van der Waals surface area contributed by atoms with Gasteiger partial charge in [-0.05, 0) is 56.5 Å². The van der Waals surface area contributed by atoms with Gasteiger partial charge in [-0.25, -0.2) is 0 Å². The maximum absolute atomic E-state index is 12.3. The van der Waals surface area contributed by atoms with E-state index in [0.29, 0.717) is 6.54 Å². The van der Waals surface area contributed by atoms with E-state index in [1.54, 1.807) is 11.8 Å². The molecule has 0 aromatic heterocycles. The van der Waals surface area contributed by atoms with Gasteiger partial charge >= 0.3 is 0 Å². The van der Waals surface area contributed by atoms with Crippen LogP contribution in [0, 0.1) is 12.8 Å². The summed E-state index contributed by atoms with van der Waals surface area (Å²) in [6, 6.07) is 15.8. The summed E-state index contributed by atoms with van der Waals surface area (Å²) in [5.41, 5.74) is 3.03. The van der Waals surface area contributed by atoms with Crippen molar-refractivity contribution in [3.8, 4) is 0 Å². The van der Waals surface area contributed by atoms with Crippen LogP contribution in [0.5, 0.6) is 0 Å². The minimum Gasteiger partial charge on any atom is -0.351 e. The number of amides is 2. The summed E-state index contributed by atoms with van der Waals surface area (Å²) >= 11 is 1.55. The fraction of sp³-hybridized carbons (Fsp3) is 0.333. The second-order valence-corrected chi connectivity index (χ2v) is 8.17. The Kier molecular flexibility index (Phi) is 5.99. The Morgan fingerprint density at radius 3 is 2.35 bits per heavy atom. The molecular formula is C21H24N2O2S. The minimum absolute atomic E-state index is 0.0155. The number of aryl methyl sites for hydroxylation is 1. The molecule has 2 N–H and O–H groups in total. The molecule has 2 aromatic carbocycles. The van der Waals surface area contributed by atoms with Crippen molar-refractivity contribution >= 4 is 29.3 Å². The zero-order valence-electron chi connectivity index (χ0n) is 15.1. The number of hydrogen-bond donors (Lipinski definition) is 2. The summed E-state index contributed by atoms with van der Waals surface area (Å²) in [7, 11) is 0. The van der Waals surface area contributed by atoms with Gasteiger partial charge in [-0.3, -0.25) is 9.59 Å². The van der Waals surface area contributed by atoms with E-state index in [0.717, 1.165) is 29.0 Å². The predicted molar refractivity (Wildman–Crippen MR) is 106 cm³/mol. The highest BCUT2D eigenvalue weighted by atomic mass is 32.2. The van der Waals surface area contributed by atoms with E-state index in [1.165, 1.54) is 5.56 Å². The first-order chi connectivity index (χ1) is 12.5. The van der Waals surface area contributed by atoms with Crippen LogP contribution in [0.15, 0.2) is 53.4 Å². The maximum atomic E-state index is 12.3. The third-order valence-electron chi connectivity index (χ3n) is 4.34. The quantitative estimate of drug-likeness (QED) is 0.722. The molecule has 5 heteroatoms. The zero-order valence-corrected chi connectivity index (χ0v) is 15.9. The van der Waals surface area contributed by atoms with Crippen LogP contribution in [0.1, 0.15) is 30.9 Å². The first kappa shape index (κ1) is 18.5. The van der Waals surface area contributed by atoms with E-state index >= 15 is 0 Å². The van der Waals surface area contributed by atoms with Gasteiger partial charge in [0.2, 0.25) is 11.8 Å². The Balaban J connectivity index is 1.45. The largest absolute Gasteiger partial charge is 0.351 e. The van der Waals surface area contributed by atoms with E-state index in [1.807, 2.05) is 50.2 Å². The van der Waals surface area contributed by atoms with Crippen LogP contribution in [0.4, 0.5) is 5.69 Å². The number of nitrogens with one attached hydrogen (secondary N) is 2. The lowest BCUT2D eigenvalue weighted by Crippen LogP contribution is -2.30. The summed E-state index contributed by atoms with van der Waals surface area (Å²) in [4.78, 5) is 25.1. The van der Waals surface area contributed by atoms with E-state index in [9.17, 15) is 9.59 Å². The monoisotopic (exact) mass is 368 g/mol. The van der Waals surface area contributed by atoms with E-state index < -0.39 is 0 Å². The number of hydrogen-bond acceptors (Lipinski definition) is 3. The molecule has 136 valence electrons. The molecule has 3 rings (SSSR count). The molecule has 0 spiro atoms. The molecule has 0 bridgehead atoms. The second kappa shape index (κ2) is 8.41. The Morgan fingerprint density at radius 2 is 1.73 bits per heavy atom. The Hall–Kier alpha value is -2.27. The van der Waals surface area contributed by atoms with Crippen LogP contribution in [0.2, 0.25) is 0 Å². The third-order valence-corrected chi connectivity index (χ3v) is 5.45. The average Bonchev–Trinajstić information content (AvgIpc) is 3.48. The van der Waals surface area contributed by atoms with Gasteiger partial charge in [-0.2, -0.15) is 0 Å². The van der Waals surface area contributed by atoms with Crippen molar-refractivity contribution in [2.24, 2.45) is 5.92 Å². The summed E-state index contributed by atoms with van der Waals surface area (Å²) in [5.74, 6) is 0.316. The minimum atomic E-state index is -0.158. The predicted octanol–water partition coefficient (Wildman–Crippen LogP) is 4.14. The highest BCUT2D eigenvalue weighted by molar-refractivity contribution is 8.00. The van der Waals surface area contributed by atoms with Crippen LogP contribution in [0.25, 0.3) is 0 Å². The number of carbonyl (C=O) groups is 2. The maximum Gasteiger partial charge on any atom is 0.233 e. The number of rotatable bonds is 7. The lowest BCUT2D eigenvalue weighted by molar-refractivity contribution is -0.120. The number of anilines is 1. The first-order valence-electron chi connectivity index (χ1n) is 8.92. The molecule has 1 atom stereocenters. The average molecular weight is 369 g/mol. The van der Waals surface area contributed by atoms with Gasteiger partial charge < -0.3 is 10.6 Å². The van der Waals surface area contributed by atoms with Crippen LogP contribution < -0.4 is 10.6 Å². The number of carbonyl (C=O) groups excluding carboxylic acids is 2. The van der Waals surface area contributed by atoms with Crippen LogP contribution in [-0.2, 0) is 16.1 Å². The van der Waals surface area contributed by atoms with Crippen LogP contribution >= 0.6 is 11.8 Å². The smallest absolute Gasteiger partial charge is 0.233 e. The van der Waals surface area contributed by atoms with Gasteiger partial charge in [0.05, 0.1) is 5.25 Å². The molecule has 26 heavy (non-hydrogen) atoms. The van der Waals surface area contributed by atoms with Crippen molar-refractivity contribution in [1.82, 2.24) is 5.32 Å². The highest BCUT2D eigenvalue weighted by Gasteiger charge is 2.29. The summed E-state index contributed by atoms with van der Waals surface area (Å²) in [6.07, 6.45) is 1.99. The van der Waals surface area contributed by atoms with Gasteiger partial charge in [-0.15, -0.1) is 11.8 Å². The van der Waals surface area contributed by atoms with Crippen molar-refractivity contribution in [2.45, 2.75) is 43.4 Å². The molecular weight excluding hydrogens is 344 g/mol. The lowest BCUT2D eigenvalue weighted by atomic mass is 10.2. The van der Waals surface area contributed by atoms with Crippen molar-refractivity contribution in [3.05, 3.63) is 59.7 Å². The van der Waals surface area contributed by atoms with E-state index in [-0.39, 0.29) is 23.0 Å². The summed E-state index contributed by atoms with van der Waals surface area (Å²) in [6.45, 7) is 4.44. The molecule has 1 fully saturated rings. The normalized spacial score (nSPS) is 14.5. The van der Waals surface area contributed by atoms with Crippen LogP contribution in [-0.4, -0.2) is 17.1 Å². The molecule has 0 heterocycles. The molecule has 2 aromatic rings. The standard InChI is InChI=1S/C21H24N2O2S/c1-14-3-11-19(12-4-14)26-15(2)20(24)22-13-16-5-9-18(10-6-16)23-21(25)17-7-8-17/h3-6,9-12,15,17H,7-8,13H2,1-2H3,(H,22,24)(H,23,25)/t15-/m1/s1. The number of thioether (sulfide) groups is 1. The van der Waals surface area contributed by atoms with Gasteiger partial charge in [0.25, 0.3) is 0 Å². The third kappa shape index (κ3) is 5.36. The summed E-state index contributed by atoms with van der Waals surface area (Å²) in [5, 5.41) is 5.73. The van der Waals surface area contributed by atoms with Gasteiger partial charge in [0, 0.05) is 23.0 Å². The first-order valence-corrected chi connectivity index (χ1v) is 9.80. The lowest BCUT2D eigenvalue weighted by Gasteiger charge is -2.12. The van der Waals surface area contributed by atoms with Crippen molar-refractivity contribution < 1.29 is 9.59 Å². The Bertz CT molecular complexity index is 768. The van der Waals surface area contributed by atoms with Crippen molar-refractivity contribution in [2.75, 3.05) is 5.32 Å². The second-order valence-electron chi connectivity index (χ2n) is 6.75. The molecule has 2 amide bonds. The van der Waals surface area contributed by atoms with E-state index in [2.05, 4.69) is 22.8 Å². The van der Waals surface area contributed by atoms with Crippen molar-refractivity contribution in [1.29, 1.82) is 0 Å². The zero-order chi connectivity index (χ0) is 18.5. The molecule has 1 saturated carbocycles. The Labute approximate surface area is 158 Å². The van der Waals surface area contributed by atoms with Gasteiger partial charge in [0.1, 0.15) is 0 Å². The van der Waals surface area contributed by atoms with E-state index in [4.69, 9.17) is 0 Å². The van der Waals surface area contributed by atoms with Crippen molar-refractivity contribution in [3.63, 3.8) is 0 Å². The summed E-state index contributed by atoms with van der Waals surface area (Å²) < 4.78 is 0. The molecule has 1 aliphatic rings. The molecule has 0 unspecified atom stereocenters. The van der Waals surface area contributed by atoms with Gasteiger partial charge in [0.15, 0.2) is 0 Å². The number of benzene rings is 2. The van der Waals surface area contributed by atoms with Crippen LogP contribution in [0.3, 0.4) is 0 Å².